The molecule has 0 aliphatic rings. The third kappa shape index (κ3) is 1.49. The van der Waals surface area contributed by atoms with Crippen molar-refractivity contribution in [3.05, 3.63) is 29.0 Å². The summed E-state index contributed by atoms with van der Waals surface area (Å²) in [6, 6.07) is 3.73. The zero-order valence-electron chi connectivity index (χ0n) is 6.99. The average Bonchev–Trinajstić information content (AvgIpc) is 2.18. The molecule has 0 aliphatic heterocycles. The van der Waals surface area contributed by atoms with Crippen molar-refractivity contribution in [2.24, 2.45) is 0 Å². The molecule has 0 N–H and O–H groups in total. The minimum Gasteiger partial charge on any atom is -0.497 e. The van der Waals surface area contributed by atoms with Gasteiger partial charge in [-0.1, -0.05) is 0 Å². The Morgan fingerprint density at radius 3 is 2.77 bits per heavy atom. The molecule has 0 amide bonds. The van der Waals surface area contributed by atoms with Crippen LogP contribution in [-0.2, 0) is 0 Å². The Bertz CT molecular complexity index is 445. The molecule has 4 heteroatoms. The number of ether oxygens (including phenoxy) is 1. The molecule has 0 unspecified atom stereocenters. The molecule has 0 saturated heterocycles. The molecule has 66 valence electrons. The monoisotopic (exact) mass is 238 g/mol. The molecule has 1 aromatic carbocycles. The zero-order valence-corrected chi connectivity index (χ0v) is 8.58. The van der Waals surface area contributed by atoms with Crippen LogP contribution in [0.25, 0.3) is 11.0 Å². The Kier molecular flexibility index (Phi) is 2.14. The van der Waals surface area contributed by atoms with Crippen molar-refractivity contribution in [1.82, 2.24) is 9.97 Å². The lowest BCUT2D eigenvalue weighted by atomic mass is 10.3. The number of benzene rings is 1. The van der Waals surface area contributed by atoms with Gasteiger partial charge in [-0.2, -0.15) is 0 Å². The van der Waals surface area contributed by atoms with Gasteiger partial charge in [0.15, 0.2) is 0 Å². The van der Waals surface area contributed by atoms with Crippen LogP contribution < -0.4 is 4.74 Å². The SMILES string of the molecule is COc1cc(Br)c2nccnc2c1. The van der Waals surface area contributed by atoms with Crippen LogP contribution in [-0.4, -0.2) is 17.1 Å². The van der Waals surface area contributed by atoms with Gasteiger partial charge in [0.2, 0.25) is 0 Å². The van der Waals surface area contributed by atoms with Crippen LogP contribution in [0.15, 0.2) is 29.0 Å². The minimum absolute atomic E-state index is 0.778. The van der Waals surface area contributed by atoms with E-state index in [0.29, 0.717) is 0 Å². The van der Waals surface area contributed by atoms with Crippen LogP contribution in [0.5, 0.6) is 5.75 Å². The van der Waals surface area contributed by atoms with Crippen molar-refractivity contribution in [3.63, 3.8) is 0 Å². The van der Waals surface area contributed by atoms with Crippen molar-refractivity contribution in [3.8, 4) is 5.75 Å². The van der Waals surface area contributed by atoms with E-state index in [4.69, 9.17) is 4.74 Å². The second kappa shape index (κ2) is 3.30. The lowest BCUT2D eigenvalue weighted by Gasteiger charge is -2.02. The first-order valence-electron chi connectivity index (χ1n) is 3.75. The van der Waals surface area contributed by atoms with Gasteiger partial charge in [0.05, 0.1) is 12.6 Å². The summed E-state index contributed by atoms with van der Waals surface area (Å²) >= 11 is 3.41. The molecular weight excluding hydrogens is 232 g/mol. The molecule has 13 heavy (non-hydrogen) atoms. The second-order valence-corrected chi connectivity index (χ2v) is 3.39. The molecular formula is C9H7BrN2O. The number of methoxy groups -OCH3 is 1. The van der Waals surface area contributed by atoms with Crippen LogP contribution in [0.3, 0.4) is 0 Å². The summed E-state index contributed by atoms with van der Waals surface area (Å²) in [4.78, 5) is 8.37. The van der Waals surface area contributed by atoms with Gasteiger partial charge in [0.25, 0.3) is 0 Å². The predicted octanol–water partition coefficient (Wildman–Crippen LogP) is 2.40. The first kappa shape index (κ1) is 8.44. The molecule has 3 nitrogen and oxygen atoms in total. The largest absolute Gasteiger partial charge is 0.497 e. The van der Waals surface area contributed by atoms with E-state index in [1.165, 1.54) is 0 Å². The smallest absolute Gasteiger partial charge is 0.122 e. The molecule has 0 saturated carbocycles. The molecule has 2 rings (SSSR count). The Balaban J connectivity index is 2.77. The van der Waals surface area contributed by atoms with Crippen molar-refractivity contribution >= 4 is 27.0 Å². The van der Waals surface area contributed by atoms with E-state index in [9.17, 15) is 0 Å². The summed E-state index contributed by atoms with van der Waals surface area (Å²) in [7, 11) is 1.63. The summed E-state index contributed by atoms with van der Waals surface area (Å²) in [6.45, 7) is 0. The van der Waals surface area contributed by atoms with E-state index in [-0.39, 0.29) is 0 Å². The molecule has 2 aromatic rings. The molecule has 0 bridgehead atoms. The van der Waals surface area contributed by atoms with E-state index in [1.54, 1.807) is 19.5 Å². The highest BCUT2D eigenvalue weighted by Gasteiger charge is 2.02. The number of halogens is 1. The fourth-order valence-corrected chi connectivity index (χ4v) is 1.66. The predicted molar refractivity (Wildman–Crippen MR) is 53.8 cm³/mol. The standard InChI is InChI=1S/C9H7BrN2O/c1-13-6-4-7(10)9-8(5-6)11-2-3-12-9/h2-5H,1H3. The fraction of sp³-hybridized carbons (Fsp3) is 0.111. The maximum Gasteiger partial charge on any atom is 0.122 e. The fourth-order valence-electron chi connectivity index (χ4n) is 1.13. The van der Waals surface area contributed by atoms with Crippen LogP contribution >= 0.6 is 15.9 Å². The Hall–Kier alpha value is -1.16. The number of hydrogen-bond donors (Lipinski definition) is 0. The third-order valence-electron chi connectivity index (χ3n) is 1.74. The summed E-state index contributed by atoms with van der Waals surface area (Å²) in [5, 5.41) is 0. The molecule has 0 spiro atoms. The summed E-state index contributed by atoms with van der Waals surface area (Å²) in [5.41, 5.74) is 1.68. The van der Waals surface area contributed by atoms with Crippen molar-refractivity contribution in [2.45, 2.75) is 0 Å². The highest BCUT2D eigenvalue weighted by Crippen LogP contribution is 2.26. The molecule has 1 heterocycles. The number of fused-ring (bicyclic) bond motifs is 1. The topological polar surface area (TPSA) is 35.0 Å². The quantitative estimate of drug-likeness (QED) is 0.766. The van der Waals surface area contributed by atoms with Gasteiger partial charge in [-0.05, 0) is 22.0 Å². The number of hydrogen-bond acceptors (Lipinski definition) is 3. The van der Waals surface area contributed by atoms with E-state index in [2.05, 4.69) is 25.9 Å². The molecule has 0 atom stereocenters. The molecule has 0 aliphatic carbocycles. The Labute approximate surface area is 83.9 Å². The van der Waals surface area contributed by atoms with Crippen LogP contribution in [0.1, 0.15) is 0 Å². The third-order valence-corrected chi connectivity index (χ3v) is 2.34. The highest BCUT2D eigenvalue weighted by molar-refractivity contribution is 9.10. The summed E-state index contributed by atoms with van der Waals surface area (Å²) < 4.78 is 6.00. The number of aromatic nitrogens is 2. The number of nitrogens with zero attached hydrogens (tertiary/aromatic N) is 2. The van der Waals surface area contributed by atoms with Gasteiger partial charge >= 0.3 is 0 Å². The lowest BCUT2D eigenvalue weighted by Crippen LogP contribution is -1.87. The number of rotatable bonds is 1. The highest BCUT2D eigenvalue weighted by atomic mass is 79.9. The van der Waals surface area contributed by atoms with Crippen molar-refractivity contribution in [2.75, 3.05) is 7.11 Å². The van der Waals surface area contributed by atoms with Gasteiger partial charge in [0.1, 0.15) is 11.3 Å². The van der Waals surface area contributed by atoms with Crippen LogP contribution in [0.2, 0.25) is 0 Å². The van der Waals surface area contributed by atoms with Crippen molar-refractivity contribution < 1.29 is 4.74 Å². The van der Waals surface area contributed by atoms with Gasteiger partial charge in [-0.25, -0.2) is 0 Å². The van der Waals surface area contributed by atoms with Crippen LogP contribution in [0, 0.1) is 0 Å². The average molecular weight is 239 g/mol. The Morgan fingerprint density at radius 2 is 2.00 bits per heavy atom. The van der Waals surface area contributed by atoms with E-state index in [0.717, 1.165) is 21.3 Å². The second-order valence-electron chi connectivity index (χ2n) is 2.53. The normalized spacial score (nSPS) is 10.3. The summed E-state index contributed by atoms with van der Waals surface area (Å²) in [5.74, 6) is 0.778. The molecule has 0 radical (unpaired) electrons. The van der Waals surface area contributed by atoms with E-state index >= 15 is 0 Å². The molecule has 1 aromatic heterocycles. The zero-order chi connectivity index (χ0) is 9.26. The Morgan fingerprint density at radius 1 is 1.23 bits per heavy atom. The van der Waals surface area contributed by atoms with E-state index < -0.39 is 0 Å². The first-order chi connectivity index (χ1) is 6.31. The first-order valence-corrected chi connectivity index (χ1v) is 4.55. The minimum atomic E-state index is 0.778. The van der Waals surface area contributed by atoms with Gasteiger partial charge in [-0.3, -0.25) is 9.97 Å². The van der Waals surface area contributed by atoms with E-state index in [1.807, 2.05) is 12.1 Å². The maximum absolute atomic E-state index is 5.11. The van der Waals surface area contributed by atoms with Crippen LogP contribution in [0.4, 0.5) is 0 Å². The van der Waals surface area contributed by atoms with Gasteiger partial charge in [-0.15, -0.1) is 0 Å². The molecule has 0 fully saturated rings. The van der Waals surface area contributed by atoms with Gasteiger partial charge in [0, 0.05) is 22.9 Å². The van der Waals surface area contributed by atoms with Gasteiger partial charge < -0.3 is 4.74 Å². The lowest BCUT2D eigenvalue weighted by molar-refractivity contribution is 0.415. The summed E-state index contributed by atoms with van der Waals surface area (Å²) in [6.07, 6.45) is 3.33. The van der Waals surface area contributed by atoms with Crippen molar-refractivity contribution in [1.29, 1.82) is 0 Å². The maximum atomic E-state index is 5.11.